The Morgan fingerprint density at radius 2 is 2.50 bits per heavy atom. The van der Waals surface area contributed by atoms with Crippen LogP contribution in [0, 0.1) is 0 Å². The van der Waals surface area contributed by atoms with Crippen molar-refractivity contribution < 1.29 is 9.53 Å². The normalized spacial score (nSPS) is 12.4. The van der Waals surface area contributed by atoms with Gasteiger partial charge in [-0.2, -0.15) is 5.10 Å². The number of hydrogen-bond acceptors (Lipinski definition) is 4. The summed E-state index contributed by atoms with van der Waals surface area (Å²) in [6.07, 6.45) is 3.65. The van der Waals surface area contributed by atoms with Crippen LogP contribution in [0.1, 0.15) is 12.0 Å². The lowest BCUT2D eigenvalue weighted by Crippen LogP contribution is -2.31. The molecule has 0 spiro atoms. The van der Waals surface area contributed by atoms with Gasteiger partial charge in [0.25, 0.3) is 0 Å². The predicted molar refractivity (Wildman–Crippen MR) is 59.5 cm³/mol. The van der Waals surface area contributed by atoms with Gasteiger partial charge < -0.3 is 15.8 Å². The topological polar surface area (TPSA) is 82.2 Å². The van der Waals surface area contributed by atoms with Crippen molar-refractivity contribution in [3.8, 4) is 0 Å². The number of aryl methyl sites for hydroxylation is 1. The van der Waals surface area contributed by atoms with Gasteiger partial charge in [-0.15, -0.1) is 0 Å². The first-order valence-electron chi connectivity index (χ1n) is 5.12. The summed E-state index contributed by atoms with van der Waals surface area (Å²) in [4.78, 5) is 11.5. The van der Waals surface area contributed by atoms with E-state index in [2.05, 4.69) is 10.4 Å². The fraction of sp³-hybridized carbons (Fsp3) is 0.600. The van der Waals surface area contributed by atoms with Gasteiger partial charge in [0.15, 0.2) is 0 Å². The van der Waals surface area contributed by atoms with Gasteiger partial charge in [-0.25, -0.2) is 0 Å². The Kier molecular flexibility index (Phi) is 4.94. The molecule has 3 N–H and O–H groups in total. The summed E-state index contributed by atoms with van der Waals surface area (Å²) in [5.74, 6) is -0.0684. The largest absolute Gasteiger partial charge is 0.380 e. The lowest BCUT2D eigenvalue weighted by atomic mass is 10.2. The molecule has 1 atom stereocenters. The molecule has 1 rings (SSSR count). The molecule has 0 saturated carbocycles. The number of carbonyl (C=O) groups is 1. The van der Waals surface area contributed by atoms with E-state index in [0.717, 1.165) is 5.56 Å². The number of rotatable bonds is 6. The Hall–Kier alpha value is -1.40. The highest BCUT2D eigenvalue weighted by Gasteiger charge is 2.10. The molecule has 0 bridgehead atoms. The molecule has 6 heteroatoms. The minimum absolute atomic E-state index is 0.0684. The molecule has 0 aliphatic rings. The molecule has 1 aromatic rings. The molecule has 0 saturated heterocycles. The van der Waals surface area contributed by atoms with Gasteiger partial charge >= 0.3 is 0 Å². The Morgan fingerprint density at radius 1 is 1.75 bits per heavy atom. The number of nitrogens with two attached hydrogens (primary N) is 1. The molecule has 1 amide bonds. The third-order valence-electron chi connectivity index (χ3n) is 2.26. The van der Waals surface area contributed by atoms with E-state index < -0.39 is 0 Å². The van der Waals surface area contributed by atoms with Crippen molar-refractivity contribution in [3.63, 3.8) is 0 Å². The molecule has 1 aromatic heterocycles. The molecule has 90 valence electrons. The van der Waals surface area contributed by atoms with E-state index >= 15 is 0 Å². The molecule has 0 fully saturated rings. The molecule has 0 aliphatic carbocycles. The lowest BCUT2D eigenvalue weighted by Gasteiger charge is -2.12. The number of ether oxygens (including phenoxy) is 1. The summed E-state index contributed by atoms with van der Waals surface area (Å²) in [5.41, 5.74) is 6.39. The van der Waals surface area contributed by atoms with Crippen molar-refractivity contribution >= 4 is 5.91 Å². The van der Waals surface area contributed by atoms with Crippen LogP contribution in [-0.4, -0.2) is 35.4 Å². The fourth-order valence-corrected chi connectivity index (χ4v) is 1.31. The third kappa shape index (κ3) is 4.00. The maximum atomic E-state index is 11.5. The van der Waals surface area contributed by atoms with Gasteiger partial charge in [-0.05, 0) is 0 Å². The van der Waals surface area contributed by atoms with Crippen LogP contribution in [0.25, 0.3) is 0 Å². The number of nitrogens with one attached hydrogen (secondary N) is 1. The quantitative estimate of drug-likeness (QED) is 0.678. The van der Waals surface area contributed by atoms with Crippen LogP contribution in [0.5, 0.6) is 0 Å². The summed E-state index contributed by atoms with van der Waals surface area (Å²) in [6.45, 7) is 0.824. The molecule has 0 radical (unpaired) electrons. The van der Waals surface area contributed by atoms with Crippen molar-refractivity contribution in [2.75, 3.05) is 13.7 Å². The van der Waals surface area contributed by atoms with Gasteiger partial charge in [0.05, 0.1) is 18.7 Å². The Labute approximate surface area is 94.8 Å². The smallest absolute Gasteiger partial charge is 0.222 e. The Bertz CT molecular complexity index is 333. The first-order chi connectivity index (χ1) is 7.65. The van der Waals surface area contributed by atoms with Crippen molar-refractivity contribution in [3.05, 3.63) is 18.0 Å². The zero-order valence-electron chi connectivity index (χ0n) is 9.64. The number of nitrogens with zero attached hydrogens (tertiary/aromatic N) is 2. The van der Waals surface area contributed by atoms with E-state index in [0.29, 0.717) is 13.1 Å². The van der Waals surface area contributed by atoms with E-state index in [1.165, 1.54) is 0 Å². The minimum atomic E-state index is -0.214. The van der Waals surface area contributed by atoms with Crippen LogP contribution in [0.2, 0.25) is 0 Å². The summed E-state index contributed by atoms with van der Waals surface area (Å²) < 4.78 is 6.72. The van der Waals surface area contributed by atoms with Gasteiger partial charge in [-0.3, -0.25) is 9.48 Å². The lowest BCUT2D eigenvalue weighted by molar-refractivity contribution is -0.123. The third-order valence-corrected chi connectivity index (χ3v) is 2.26. The second-order valence-corrected chi connectivity index (χ2v) is 3.60. The second-order valence-electron chi connectivity index (χ2n) is 3.60. The van der Waals surface area contributed by atoms with Gasteiger partial charge in [-0.1, -0.05) is 0 Å². The summed E-state index contributed by atoms with van der Waals surface area (Å²) in [5, 5.41) is 6.79. The molecule has 0 aromatic carbocycles. The van der Waals surface area contributed by atoms with Gasteiger partial charge in [0.2, 0.25) is 5.91 Å². The average Bonchev–Trinajstić information content (AvgIpc) is 2.69. The first-order valence-corrected chi connectivity index (χ1v) is 5.12. The van der Waals surface area contributed by atoms with Crippen LogP contribution in [0.15, 0.2) is 12.4 Å². The monoisotopic (exact) mass is 226 g/mol. The van der Waals surface area contributed by atoms with Crippen LogP contribution in [-0.2, 0) is 23.1 Å². The summed E-state index contributed by atoms with van der Waals surface area (Å²) >= 11 is 0. The maximum Gasteiger partial charge on any atom is 0.222 e. The average molecular weight is 226 g/mol. The van der Waals surface area contributed by atoms with Crippen molar-refractivity contribution in [2.45, 2.75) is 19.1 Å². The second kappa shape index (κ2) is 6.24. The van der Waals surface area contributed by atoms with E-state index in [1.54, 1.807) is 18.0 Å². The van der Waals surface area contributed by atoms with Crippen molar-refractivity contribution in [1.29, 1.82) is 0 Å². The molecule has 1 unspecified atom stereocenters. The van der Waals surface area contributed by atoms with Crippen LogP contribution < -0.4 is 11.1 Å². The number of carbonyl (C=O) groups excluding carboxylic acids is 1. The van der Waals surface area contributed by atoms with Crippen LogP contribution >= 0.6 is 0 Å². The Morgan fingerprint density at radius 3 is 3.00 bits per heavy atom. The highest BCUT2D eigenvalue weighted by atomic mass is 16.5. The number of methoxy groups -OCH3 is 1. The van der Waals surface area contributed by atoms with E-state index in [-0.39, 0.29) is 18.4 Å². The predicted octanol–water partition coefficient (Wildman–Crippen LogP) is -0.600. The number of hydrogen-bond donors (Lipinski definition) is 2. The van der Waals surface area contributed by atoms with Crippen molar-refractivity contribution in [1.82, 2.24) is 15.1 Å². The number of aromatic nitrogens is 2. The van der Waals surface area contributed by atoms with Crippen LogP contribution in [0.4, 0.5) is 0 Å². The van der Waals surface area contributed by atoms with Gasteiger partial charge in [0.1, 0.15) is 0 Å². The van der Waals surface area contributed by atoms with Crippen molar-refractivity contribution in [2.24, 2.45) is 12.8 Å². The van der Waals surface area contributed by atoms with E-state index in [1.807, 2.05) is 13.2 Å². The molecule has 6 nitrogen and oxygen atoms in total. The SMILES string of the molecule is COC(CN)CC(=O)NCc1cnn(C)c1. The Balaban J connectivity index is 2.30. The summed E-state index contributed by atoms with van der Waals surface area (Å²) in [6, 6.07) is 0. The molecule has 1 heterocycles. The van der Waals surface area contributed by atoms with E-state index in [9.17, 15) is 4.79 Å². The highest BCUT2D eigenvalue weighted by molar-refractivity contribution is 5.76. The highest BCUT2D eigenvalue weighted by Crippen LogP contribution is 1.98. The molecule has 0 aliphatic heterocycles. The molecular formula is C10H18N4O2. The fourth-order valence-electron chi connectivity index (χ4n) is 1.31. The summed E-state index contributed by atoms with van der Waals surface area (Å²) in [7, 11) is 3.38. The number of amides is 1. The van der Waals surface area contributed by atoms with Gasteiger partial charge in [0, 0.05) is 39.0 Å². The molecule has 16 heavy (non-hydrogen) atoms. The molecular weight excluding hydrogens is 208 g/mol. The standard InChI is InChI=1S/C10H18N4O2/c1-14-7-8(6-13-14)5-12-10(15)3-9(4-11)16-2/h6-7,9H,3-5,11H2,1-2H3,(H,12,15). The van der Waals surface area contributed by atoms with E-state index in [4.69, 9.17) is 10.5 Å². The first kappa shape index (κ1) is 12.7. The zero-order valence-corrected chi connectivity index (χ0v) is 9.64. The zero-order chi connectivity index (χ0) is 12.0. The minimum Gasteiger partial charge on any atom is -0.380 e. The van der Waals surface area contributed by atoms with Crippen LogP contribution in [0.3, 0.4) is 0 Å². The maximum absolute atomic E-state index is 11.5.